The summed E-state index contributed by atoms with van der Waals surface area (Å²) in [5.74, 6) is -2.13. The SMILES string of the molecule is O=C(O)CCc1nnc(SCC(=O)Nc2ccccc2C(F)(F)F)[nH]c1=O. The summed E-state index contributed by atoms with van der Waals surface area (Å²) in [6.45, 7) is 0. The molecule has 1 heterocycles. The molecule has 0 spiro atoms. The van der Waals surface area contributed by atoms with Gasteiger partial charge in [-0.3, -0.25) is 19.4 Å². The number of H-pyrrole nitrogens is 1. The van der Waals surface area contributed by atoms with Crippen molar-refractivity contribution in [3.8, 4) is 0 Å². The molecule has 0 aliphatic heterocycles. The zero-order chi connectivity index (χ0) is 20.0. The number of nitrogens with zero attached hydrogens (tertiary/aromatic N) is 2. The van der Waals surface area contributed by atoms with Crippen molar-refractivity contribution in [2.75, 3.05) is 11.1 Å². The summed E-state index contributed by atoms with van der Waals surface area (Å²) in [4.78, 5) is 36.5. The molecule has 0 saturated carbocycles. The number of hydrogen-bond acceptors (Lipinski definition) is 6. The van der Waals surface area contributed by atoms with Gasteiger partial charge in [0.25, 0.3) is 5.56 Å². The highest BCUT2D eigenvalue weighted by molar-refractivity contribution is 7.99. The fourth-order valence-corrected chi connectivity index (χ4v) is 2.56. The Labute approximate surface area is 154 Å². The van der Waals surface area contributed by atoms with Gasteiger partial charge in [0.1, 0.15) is 5.69 Å². The average Bonchev–Trinajstić information content (AvgIpc) is 2.58. The van der Waals surface area contributed by atoms with Gasteiger partial charge in [0.2, 0.25) is 5.91 Å². The molecule has 0 aliphatic carbocycles. The molecule has 1 aromatic heterocycles. The monoisotopic (exact) mass is 402 g/mol. The number of carbonyl (C=O) groups is 2. The molecule has 1 amide bonds. The van der Waals surface area contributed by atoms with Crippen molar-refractivity contribution >= 4 is 29.3 Å². The third kappa shape index (κ3) is 6.09. The lowest BCUT2D eigenvalue weighted by molar-refractivity contribution is -0.138. The summed E-state index contributed by atoms with van der Waals surface area (Å²) in [5, 5.41) is 18.0. The first-order valence-electron chi connectivity index (χ1n) is 7.43. The van der Waals surface area contributed by atoms with Crippen LogP contribution in [0.2, 0.25) is 0 Å². The molecule has 0 saturated heterocycles. The van der Waals surface area contributed by atoms with Crippen LogP contribution in [0, 0.1) is 0 Å². The smallest absolute Gasteiger partial charge is 0.418 e. The van der Waals surface area contributed by atoms with Crippen molar-refractivity contribution in [2.24, 2.45) is 0 Å². The molecule has 0 unspecified atom stereocenters. The van der Waals surface area contributed by atoms with Crippen LogP contribution in [-0.4, -0.2) is 37.9 Å². The van der Waals surface area contributed by atoms with Gasteiger partial charge in [-0.05, 0) is 12.1 Å². The molecule has 0 fully saturated rings. The molecule has 12 heteroatoms. The number of aliphatic carboxylic acids is 1. The van der Waals surface area contributed by atoms with Gasteiger partial charge in [-0.25, -0.2) is 0 Å². The van der Waals surface area contributed by atoms with E-state index in [0.717, 1.165) is 23.9 Å². The lowest BCUT2D eigenvalue weighted by Crippen LogP contribution is -2.20. The van der Waals surface area contributed by atoms with Crippen molar-refractivity contribution in [1.29, 1.82) is 0 Å². The summed E-state index contributed by atoms with van der Waals surface area (Å²) >= 11 is 0.770. The summed E-state index contributed by atoms with van der Waals surface area (Å²) in [6, 6.07) is 4.54. The minimum atomic E-state index is -4.61. The van der Waals surface area contributed by atoms with Gasteiger partial charge in [-0.15, -0.1) is 10.2 Å². The lowest BCUT2D eigenvalue weighted by atomic mass is 10.1. The van der Waals surface area contributed by atoms with E-state index < -0.39 is 29.2 Å². The van der Waals surface area contributed by atoms with Crippen LogP contribution in [-0.2, 0) is 22.2 Å². The Morgan fingerprint density at radius 2 is 1.93 bits per heavy atom. The first kappa shape index (κ1) is 20.4. The van der Waals surface area contributed by atoms with Crippen molar-refractivity contribution < 1.29 is 27.9 Å². The molecule has 0 radical (unpaired) electrons. The normalized spacial score (nSPS) is 11.2. The average molecular weight is 402 g/mol. The lowest BCUT2D eigenvalue weighted by Gasteiger charge is -2.13. The molecule has 8 nitrogen and oxygen atoms in total. The number of halogens is 3. The fraction of sp³-hybridized carbons (Fsp3) is 0.267. The van der Waals surface area contributed by atoms with E-state index in [1.54, 1.807) is 0 Å². The number of benzene rings is 1. The number of hydrogen-bond donors (Lipinski definition) is 3. The molecule has 0 atom stereocenters. The molecular weight excluding hydrogens is 389 g/mol. The predicted octanol–water partition coefficient (Wildman–Crippen LogP) is 1.93. The number of nitrogens with one attached hydrogen (secondary N) is 2. The van der Waals surface area contributed by atoms with Gasteiger partial charge in [-0.1, -0.05) is 23.9 Å². The van der Waals surface area contributed by atoms with E-state index in [-0.39, 0.29) is 35.1 Å². The van der Waals surface area contributed by atoms with Crippen LogP contribution in [0.25, 0.3) is 0 Å². The minimum Gasteiger partial charge on any atom is -0.481 e. The maximum absolute atomic E-state index is 12.9. The highest BCUT2D eigenvalue weighted by atomic mass is 32.2. The number of amides is 1. The van der Waals surface area contributed by atoms with E-state index >= 15 is 0 Å². The Balaban J connectivity index is 1.98. The molecular formula is C15H13F3N4O4S. The number of para-hydroxylation sites is 1. The van der Waals surface area contributed by atoms with Crippen LogP contribution < -0.4 is 10.9 Å². The number of aryl methyl sites for hydroxylation is 1. The number of thioether (sulfide) groups is 1. The van der Waals surface area contributed by atoms with E-state index in [2.05, 4.69) is 20.5 Å². The number of alkyl halides is 3. The van der Waals surface area contributed by atoms with E-state index in [1.165, 1.54) is 12.1 Å². The van der Waals surface area contributed by atoms with E-state index in [1.807, 2.05) is 0 Å². The third-order valence-electron chi connectivity index (χ3n) is 3.17. The molecule has 2 aromatic rings. The van der Waals surface area contributed by atoms with Crippen LogP contribution in [0.3, 0.4) is 0 Å². The number of carboxylic acids is 1. The Hall–Kier alpha value is -2.89. The topological polar surface area (TPSA) is 125 Å². The zero-order valence-electron chi connectivity index (χ0n) is 13.5. The molecule has 27 heavy (non-hydrogen) atoms. The Kier molecular flexibility index (Phi) is 6.55. The van der Waals surface area contributed by atoms with Crippen LogP contribution in [0.5, 0.6) is 0 Å². The maximum Gasteiger partial charge on any atom is 0.418 e. The van der Waals surface area contributed by atoms with Crippen LogP contribution in [0.4, 0.5) is 18.9 Å². The molecule has 0 aliphatic rings. The van der Waals surface area contributed by atoms with Crippen molar-refractivity contribution in [2.45, 2.75) is 24.2 Å². The van der Waals surface area contributed by atoms with Gasteiger partial charge in [0.15, 0.2) is 5.16 Å². The van der Waals surface area contributed by atoms with Gasteiger partial charge < -0.3 is 10.4 Å². The Bertz CT molecular complexity index is 901. The van der Waals surface area contributed by atoms with Crippen molar-refractivity contribution in [1.82, 2.24) is 15.2 Å². The quantitative estimate of drug-likeness (QED) is 0.604. The first-order chi connectivity index (χ1) is 12.7. The highest BCUT2D eigenvalue weighted by Crippen LogP contribution is 2.34. The van der Waals surface area contributed by atoms with Crippen molar-refractivity contribution in [3.05, 3.63) is 45.9 Å². The summed E-state index contributed by atoms with van der Waals surface area (Å²) in [7, 11) is 0. The number of aromatic amines is 1. The molecule has 144 valence electrons. The van der Waals surface area contributed by atoms with E-state index in [9.17, 15) is 27.6 Å². The van der Waals surface area contributed by atoms with Crippen LogP contribution in [0.1, 0.15) is 17.7 Å². The second-order valence-electron chi connectivity index (χ2n) is 5.18. The first-order valence-corrected chi connectivity index (χ1v) is 8.42. The standard InChI is InChI=1S/C15H13F3N4O4S/c16-15(17,18)8-3-1-2-4-9(8)19-11(23)7-27-14-20-13(26)10(21-22-14)5-6-12(24)25/h1-4H,5-7H2,(H,19,23)(H,24,25)(H,20,22,26). The van der Waals surface area contributed by atoms with Crippen molar-refractivity contribution in [3.63, 3.8) is 0 Å². The number of carbonyl (C=O) groups excluding carboxylic acids is 1. The second-order valence-corrected chi connectivity index (χ2v) is 6.14. The van der Waals surface area contributed by atoms with Gasteiger partial charge in [-0.2, -0.15) is 13.2 Å². The molecule has 2 rings (SSSR count). The fourth-order valence-electron chi connectivity index (χ4n) is 1.96. The highest BCUT2D eigenvalue weighted by Gasteiger charge is 2.33. The van der Waals surface area contributed by atoms with Gasteiger partial charge >= 0.3 is 12.1 Å². The molecule has 0 bridgehead atoms. The molecule has 1 aromatic carbocycles. The number of rotatable bonds is 7. The second kappa shape index (κ2) is 8.66. The number of carboxylic acid groups (broad SMARTS) is 1. The zero-order valence-corrected chi connectivity index (χ0v) is 14.4. The maximum atomic E-state index is 12.9. The largest absolute Gasteiger partial charge is 0.481 e. The molecule has 3 N–H and O–H groups in total. The number of anilines is 1. The van der Waals surface area contributed by atoms with Crippen LogP contribution in [0.15, 0.2) is 34.2 Å². The van der Waals surface area contributed by atoms with E-state index in [4.69, 9.17) is 5.11 Å². The Morgan fingerprint density at radius 1 is 1.22 bits per heavy atom. The third-order valence-corrected chi connectivity index (χ3v) is 4.03. The van der Waals surface area contributed by atoms with Gasteiger partial charge in [0, 0.05) is 6.42 Å². The Morgan fingerprint density at radius 3 is 2.56 bits per heavy atom. The van der Waals surface area contributed by atoms with Gasteiger partial charge in [0.05, 0.1) is 23.4 Å². The van der Waals surface area contributed by atoms with Crippen LogP contribution >= 0.6 is 11.8 Å². The summed E-state index contributed by atoms with van der Waals surface area (Å²) in [6.07, 6.45) is -5.00. The summed E-state index contributed by atoms with van der Waals surface area (Å²) in [5.41, 5.74) is -2.06. The summed E-state index contributed by atoms with van der Waals surface area (Å²) < 4.78 is 38.7. The number of aromatic nitrogens is 3. The minimum absolute atomic E-state index is 0.0154. The predicted molar refractivity (Wildman–Crippen MR) is 89.4 cm³/mol. The van der Waals surface area contributed by atoms with E-state index in [0.29, 0.717) is 0 Å².